The number of nitrogen functional groups attached to an aromatic ring is 1. The number of carbonyl (C=O) groups is 1. The van der Waals surface area contributed by atoms with Crippen LogP contribution in [0.2, 0.25) is 5.15 Å². The van der Waals surface area contributed by atoms with Crippen LogP contribution in [0.15, 0.2) is 36.7 Å². The van der Waals surface area contributed by atoms with Crippen LogP contribution >= 0.6 is 11.6 Å². The van der Waals surface area contributed by atoms with Gasteiger partial charge in [-0.1, -0.05) is 11.6 Å². The SMILES string of the molecule is [2H]C([2H])([2H])NC(=O)c1nnc(Cl)cc1Nc1cc(COCc2nc(N)ccc2F)cc(-c2ncn(C)n2)c1OC. The predicted molar refractivity (Wildman–Crippen MR) is 134 cm³/mol. The van der Waals surface area contributed by atoms with E-state index in [1.807, 2.05) is 5.32 Å². The van der Waals surface area contributed by atoms with Crippen LogP contribution in [0.4, 0.5) is 21.6 Å². The number of anilines is 3. The van der Waals surface area contributed by atoms with Crippen molar-refractivity contribution in [3.8, 4) is 17.1 Å². The summed E-state index contributed by atoms with van der Waals surface area (Å²) in [6, 6.07) is 7.23. The lowest BCUT2D eigenvalue weighted by Gasteiger charge is -2.17. The Morgan fingerprint density at radius 1 is 1.24 bits per heavy atom. The van der Waals surface area contributed by atoms with E-state index in [-0.39, 0.29) is 47.0 Å². The quantitative estimate of drug-likeness (QED) is 0.294. The average molecular weight is 531 g/mol. The fourth-order valence-corrected chi connectivity index (χ4v) is 3.56. The van der Waals surface area contributed by atoms with Gasteiger partial charge in [0.05, 0.1) is 37.3 Å². The maximum absolute atomic E-state index is 14.1. The van der Waals surface area contributed by atoms with Gasteiger partial charge in [-0.2, -0.15) is 5.10 Å². The number of aromatic nitrogens is 6. The van der Waals surface area contributed by atoms with Gasteiger partial charge in [0, 0.05) is 24.2 Å². The number of rotatable bonds is 9. The number of amides is 1. The minimum absolute atomic E-state index is 0.00380. The van der Waals surface area contributed by atoms with E-state index >= 15 is 0 Å². The summed E-state index contributed by atoms with van der Waals surface area (Å²) >= 11 is 6.03. The van der Waals surface area contributed by atoms with E-state index in [0.29, 0.717) is 22.6 Å². The van der Waals surface area contributed by atoms with E-state index < -0.39 is 18.7 Å². The van der Waals surface area contributed by atoms with Crippen molar-refractivity contribution < 1.29 is 22.8 Å². The molecule has 0 atom stereocenters. The van der Waals surface area contributed by atoms with Crippen LogP contribution in [0.3, 0.4) is 0 Å². The first-order valence-corrected chi connectivity index (χ1v) is 11.0. The molecule has 3 heterocycles. The molecular weight excluding hydrogens is 505 g/mol. The minimum Gasteiger partial charge on any atom is -0.494 e. The van der Waals surface area contributed by atoms with E-state index in [1.54, 1.807) is 19.2 Å². The molecule has 0 unspecified atom stereocenters. The highest BCUT2D eigenvalue weighted by Gasteiger charge is 2.20. The molecule has 4 N–H and O–H groups in total. The van der Waals surface area contributed by atoms with Crippen molar-refractivity contribution in [1.82, 2.24) is 35.3 Å². The van der Waals surface area contributed by atoms with Crippen LogP contribution in [-0.4, -0.2) is 49.9 Å². The number of nitrogens with zero attached hydrogens (tertiary/aromatic N) is 6. The molecule has 0 aliphatic rings. The predicted octanol–water partition coefficient (Wildman–Crippen LogP) is 2.87. The molecule has 192 valence electrons. The second kappa shape index (κ2) is 11.1. The third-order valence-electron chi connectivity index (χ3n) is 5.00. The molecule has 0 bridgehead atoms. The van der Waals surface area contributed by atoms with E-state index in [2.05, 4.69) is 30.6 Å². The third kappa shape index (κ3) is 5.90. The van der Waals surface area contributed by atoms with Crippen LogP contribution in [0.25, 0.3) is 11.4 Å². The number of pyridine rings is 1. The highest BCUT2D eigenvalue weighted by Crippen LogP contribution is 2.39. The summed E-state index contributed by atoms with van der Waals surface area (Å²) in [4.78, 5) is 20.9. The number of hydrogen-bond donors (Lipinski definition) is 3. The van der Waals surface area contributed by atoms with Gasteiger partial charge in [-0.3, -0.25) is 9.48 Å². The first-order chi connectivity index (χ1) is 18.9. The first-order valence-electron chi connectivity index (χ1n) is 12.1. The van der Waals surface area contributed by atoms with E-state index in [4.69, 9.17) is 30.9 Å². The Hall–Kier alpha value is -4.36. The maximum atomic E-state index is 14.1. The number of ether oxygens (including phenoxy) is 2. The fraction of sp³-hybridized carbons (Fsp3) is 0.217. The van der Waals surface area contributed by atoms with Crippen molar-refractivity contribution in [1.29, 1.82) is 0 Å². The van der Waals surface area contributed by atoms with Gasteiger partial charge in [-0.05, 0) is 29.8 Å². The Morgan fingerprint density at radius 2 is 2.08 bits per heavy atom. The average Bonchev–Trinajstić information content (AvgIpc) is 3.31. The number of methoxy groups -OCH3 is 1. The van der Waals surface area contributed by atoms with E-state index in [9.17, 15) is 9.18 Å². The van der Waals surface area contributed by atoms with Crippen molar-refractivity contribution in [3.05, 3.63) is 64.6 Å². The van der Waals surface area contributed by atoms with Crippen LogP contribution in [0, 0.1) is 5.82 Å². The van der Waals surface area contributed by atoms with Crippen molar-refractivity contribution >= 4 is 34.7 Å². The zero-order valence-electron chi connectivity index (χ0n) is 22.6. The largest absolute Gasteiger partial charge is 0.494 e. The zero-order chi connectivity index (χ0) is 29.0. The molecule has 12 nitrogen and oxygen atoms in total. The summed E-state index contributed by atoms with van der Waals surface area (Å²) in [5, 5.41) is 16.6. The van der Waals surface area contributed by atoms with Crippen LogP contribution in [0.1, 0.15) is 25.9 Å². The molecule has 0 aliphatic heterocycles. The molecule has 3 aromatic heterocycles. The number of benzene rings is 1. The second-order valence-electron chi connectivity index (χ2n) is 7.63. The Bertz CT molecular complexity index is 1550. The molecule has 14 heteroatoms. The van der Waals surface area contributed by atoms with Gasteiger partial charge < -0.3 is 25.8 Å². The molecule has 0 radical (unpaired) electrons. The van der Waals surface area contributed by atoms with Crippen molar-refractivity contribution in [2.24, 2.45) is 7.05 Å². The number of aryl methyl sites for hydroxylation is 1. The van der Waals surface area contributed by atoms with Gasteiger partial charge >= 0.3 is 0 Å². The van der Waals surface area contributed by atoms with Crippen molar-refractivity contribution in [2.45, 2.75) is 13.2 Å². The molecule has 1 amide bonds. The highest BCUT2D eigenvalue weighted by atomic mass is 35.5. The second-order valence-corrected chi connectivity index (χ2v) is 8.02. The Kier molecular flexibility index (Phi) is 6.59. The lowest BCUT2D eigenvalue weighted by Crippen LogP contribution is -2.21. The zero-order valence-corrected chi connectivity index (χ0v) is 20.4. The van der Waals surface area contributed by atoms with Crippen LogP contribution in [-0.2, 0) is 25.0 Å². The van der Waals surface area contributed by atoms with Gasteiger partial charge in [0.2, 0.25) is 0 Å². The molecule has 0 saturated carbocycles. The van der Waals surface area contributed by atoms with Crippen molar-refractivity contribution in [2.75, 3.05) is 25.1 Å². The highest BCUT2D eigenvalue weighted by molar-refractivity contribution is 6.29. The van der Waals surface area contributed by atoms with Gasteiger partial charge in [-0.15, -0.1) is 10.2 Å². The summed E-state index contributed by atoms with van der Waals surface area (Å²) < 4.78 is 49.0. The number of halogens is 2. The number of nitrogens with one attached hydrogen (secondary N) is 2. The Balaban J connectivity index is 1.72. The van der Waals surface area contributed by atoms with E-state index in [1.165, 1.54) is 36.3 Å². The summed E-state index contributed by atoms with van der Waals surface area (Å²) in [5.74, 6) is -0.807. The summed E-state index contributed by atoms with van der Waals surface area (Å²) in [7, 11) is 3.13. The molecule has 4 rings (SSSR count). The summed E-state index contributed by atoms with van der Waals surface area (Å²) in [6.45, 7) is -2.93. The van der Waals surface area contributed by atoms with Gasteiger partial charge in [0.25, 0.3) is 5.91 Å². The van der Waals surface area contributed by atoms with Crippen LogP contribution in [0.5, 0.6) is 5.75 Å². The fourth-order valence-electron chi connectivity index (χ4n) is 3.42. The van der Waals surface area contributed by atoms with Gasteiger partial charge in [-0.25, -0.2) is 14.4 Å². The van der Waals surface area contributed by atoms with Gasteiger partial charge in [0.15, 0.2) is 22.4 Å². The third-order valence-corrected chi connectivity index (χ3v) is 5.19. The Morgan fingerprint density at radius 3 is 2.81 bits per heavy atom. The first kappa shape index (κ1) is 21.9. The molecule has 0 fully saturated rings. The molecule has 4 aromatic rings. The number of carbonyl (C=O) groups excluding carboxylic acids is 1. The van der Waals surface area contributed by atoms with Crippen molar-refractivity contribution in [3.63, 3.8) is 0 Å². The lowest BCUT2D eigenvalue weighted by atomic mass is 10.1. The summed E-state index contributed by atoms with van der Waals surface area (Å²) in [6.07, 6.45) is 1.50. The van der Waals surface area contributed by atoms with E-state index in [0.717, 1.165) is 0 Å². The lowest BCUT2D eigenvalue weighted by molar-refractivity contribution is 0.0958. The topological polar surface area (TPSA) is 155 Å². The summed E-state index contributed by atoms with van der Waals surface area (Å²) in [5.41, 5.74) is 6.76. The smallest absolute Gasteiger partial charge is 0.273 e. The molecule has 0 saturated heterocycles. The molecule has 0 aliphatic carbocycles. The normalized spacial score (nSPS) is 12.4. The minimum atomic E-state index is -2.76. The monoisotopic (exact) mass is 530 g/mol. The molecule has 37 heavy (non-hydrogen) atoms. The maximum Gasteiger partial charge on any atom is 0.273 e. The van der Waals surface area contributed by atoms with Gasteiger partial charge in [0.1, 0.15) is 23.7 Å². The number of hydrogen-bond acceptors (Lipinski definition) is 10. The molecule has 0 spiro atoms. The number of nitrogens with two attached hydrogens (primary N) is 1. The standard InChI is InChI=1S/C23H23ClFN9O3/c1-27-23(35)20-15(8-18(24)31-32-20)29-16-7-12(9-37-10-17-14(25)4-5-19(26)30-17)6-13(21(16)36-3)22-28-11-34(2)33-22/h4-8,11H,9-10H2,1-3H3,(H2,26,30)(H,27,35)(H,29,31)/i1D3. The molecule has 1 aromatic carbocycles. The van der Waals surface area contributed by atoms with Crippen LogP contribution < -0.4 is 21.1 Å². The Labute approximate surface area is 220 Å². The molecular formula is C23H23ClFN9O3.